The molecule has 0 aromatic carbocycles. The van der Waals surface area contributed by atoms with E-state index in [9.17, 15) is 0 Å². The molecule has 8 atom stereocenters. The number of rotatable bonds is 5. The van der Waals surface area contributed by atoms with Crippen LogP contribution in [0.3, 0.4) is 0 Å². The van der Waals surface area contributed by atoms with Gasteiger partial charge in [0.25, 0.3) is 0 Å². The van der Waals surface area contributed by atoms with Crippen LogP contribution in [-0.2, 0) is 4.43 Å². The summed E-state index contributed by atoms with van der Waals surface area (Å²) in [6.45, 7) is 24.2. The molecule has 4 aliphatic rings. The van der Waals surface area contributed by atoms with Gasteiger partial charge in [-0.15, -0.1) is 0 Å². The third-order valence-electron chi connectivity index (χ3n) is 11.9. The lowest BCUT2D eigenvalue weighted by Gasteiger charge is -2.59. The van der Waals surface area contributed by atoms with Crippen molar-refractivity contribution >= 4 is 8.32 Å². The van der Waals surface area contributed by atoms with Crippen molar-refractivity contribution in [2.45, 2.75) is 131 Å². The molecule has 4 aliphatic carbocycles. The van der Waals surface area contributed by atoms with Gasteiger partial charge in [0.05, 0.1) is 0 Å². The molecular weight excluding hydrogens is 440 g/mol. The Morgan fingerprint density at radius 2 is 1.77 bits per heavy atom. The van der Waals surface area contributed by atoms with Gasteiger partial charge in [0.2, 0.25) is 0 Å². The van der Waals surface area contributed by atoms with Crippen LogP contribution in [0.25, 0.3) is 0 Å². The molecule has 0 aromatic heterocycles. The highest BCUT2D eigenvalue weighted by Gasteiger charge is 2.59. The SMILES string of the molecule is CC(C)=C/C=C/[C@@H](C)[C@H]1CC[C@H]2[C@@H]3CC=C4C[C@H](O[Si](C)(C)C(C)(C)C)CC[C@]4(C)[C@H]3CC[C@]12C. The Hall–Kier alpha value is -0.603. The molecule has 0 aliphatic heterocycles. The molecule has 198 valence electrons. The quantitative estimate of drug-likeness (QED) is 0.209. The second kappa shape index (κ2) is 9.61. The van der Waals surface area contributed by atoms with Crippen LogP contribution in [0, 0.1) is 40.4 Å². The molecule has 0 N–H and O–H groups in total. The van der Waals surface area contributed by atoms with Crippen LogP contribution in [0.5, 0.6) is 0 Å². The van der Waals surface area contributed by atoms with E-state index in [0.717, 1.165) is 23.7 Å². The standard InChI is InChI=1S/C33H56OSi/c1-23(2)12-11-13-24(3)28-16-17-29-27-15-14-25-22-26(34-35(9,10)31(4,5)6)18-20-32(25,7)30(27)19-21-33(28,29)8/h11-14,24,26-30H,15-22H2,1-10H3/b13-11+/t24-,26-,27+,28-,29+,30+,32+,33-/m1/s1. The number of fused-ring (bicyclic) bond motifs is 5. The van der Waals surface area contributed by atoms with E-state index in [4.69, 9.17) is 4.43 Å². The Kier molecular flexibility index (Phi) is 7.53. The largest absolute Gasteiger partial charge is 0.414 e. The van der Waals surface area contributed by atoms with Crippen molar-refractivity contribution in [3.63, 3.8) is 0 Å². The molecule has 0 amide bonds. The Morgan fingerprint density at radius 1 is 1.06 bits per heavy atom. The van der Waals surface area contributed by atoms with E-state index >= 15 is 0 Å². The first-order valence-corrected chi connectivity index (χ1v) is 17.8. The van der Waals surface area contributed by atoms with Gasteiger partial charge in [-0.25, -0.2) is 0 Å². The Bertz CT molecular complexity index is 868. The van der Waals surface area contributed by atoms with Crippen LogP contribution >= 0.6 is 0 Å². The molecule has 0 unspecified atom stereocenters. The summed E-state index contributed by atoms with van der Waals surface area (Å²) in [6.07, 6.45) is 21.2. The zero-order valence-corrected chi connectivity index (χ0v) is 25.8. The monoisotopic (exact) mass is 496 g/mol. The van der Waals surface area contributed by atoms with Crippen LogP contribution in [0.1, 0.15) is 107 Å². The van der Waals surface area contributed by atoms with Gasteiger partial charge in [-0.3, -0.25) is 0 Å². The van der Waals surface area contributed by atoms with Crippen LogP contribution in [0.2, 0.25) is 18.1 Å². The highest BCUT2D eigenvalue weighted by Crippen LogP contribution is 2.67. The maximum atomic E-state index is 6.93. The zero-order chi connectivity index (χ0) is 25.8. The molecule has 0 spiro atoms. The lowest BCUT2D eigenvalue weighted by molar-refractivity contribution is -0.0532. The molecule has 0 heterocycles. The van der Waals surface area contributed by atoms with Gasteiger partial charge >= 0.3 is 0 Å². The summed E-state index contributed by atoms with van der Waals surface area (Å²) in [5.74, 6) is 4.25. The smallest absolute Gasteiger partial charge is 0.192 e. The first-order chi connectivity index (χ1) is 16.2. The first-order valence-electron chi connectivity index (χ1n) is 14.9. The van der Waals surface area contributed by atoms with Gasteiger partial charge in [-0.2, -0.15) is 0 Å². The van der Waals surface area contributed by atoms with Gasteiger partial charge in [0.1, 0.15) is 0 Å². The molecule has 0 saturated heterocycles. The van der Waals surface area contributed by atoms with E-state index < -0.39 is 8.32 Å². The first kappa shape index (κ1) is 27.4. The summed E-state index contributed by atoms with van der Waals surface area (Å²) < 4.78 is 6.93. The highest BCUT2D eigenvalue weighted by atomic mass is 28.4. The van der Waals surface area contributed by atoms with E-state index in [1.165, 1.54) is 56.9 Å². The predicted octanol–water partition coefficient (Wildman–Crippen LogP) is 10.1. The molecule has 3 saturated carbocycles. The van der Waals surface area contributed by atoms with Crippen LogP contribution in [-0.4, -0.2) is 14.4 Å². The van der Waals surface area contributed by atoms with E-state index in [2.05, 4.69) is 92.8 Å². The fourth-order valence-corrected chi connectivity index (χ4v) is 10.2. The third-order valence-corrected chi connectivity index (χ3v) is 16.4. The molecule has 3 fully saturated rings. The molecule has 1 nitrogen and oxygen atoms in total. The lowest BCUT2D eigenvalue weighted by atomic mass is 9.47. The molecule has 35 heavy (non-hydrogen) atoms. The zero-order valence-electron chi connectivity index (χ0n) is 24.8. The normalized spacial score (nSPS) is 40.5. The van der Waals surface area contributed by atoms with Gasteiger partial charge in [0, 0.05) is 6.10 Å². The van der Waals surface area contributed by atoms with Crippen molar-refractivity contribution in [3.8, 4) is 0 Å². The summed E-state index contributed by atoms with van der Waals surface area (Å²) in [5.41, 5.74) is 4.11. The van der Waals surface area contributed by atoms with Crippen molar-refractivity contribution in [1.82, 2.24) is 0 Å². The topological polar surface area (TPSA) is 9.23 Å². The van der Waals surface area contributed by atoms with E-state index in [1.54, 1.807) is 5.57 Å². The number of hydrogen-bond donors (Lipinski definition) is 0. The summed E-state index contributed by atoms with van der Waals surface area (Å²) in [6, 6.07) is 0. The molecule has 0 bridgehead atoms. The molecule has 0 radical (unpaired) electrons. The molecule has 4 rings (SSSR count). The van der Waals surface area contributed by atoms with Gasteiger partial charge in [-0.1, -0.05) is 77.0 Å². The minimum Gasteiger partial charge on any atom is -0.414 e. The maximum Gasteiger partial charge on any atom is 0.192 e. The van der Waals surface area contributed by atoms with Crippen LogP contribution < -0.4 is 0 Å². The Labute approximate surface area is 219 Å². The Morgan fingerprint density at radius 3 is 2.43 bits per heavy atom. The average molecular weight is 497 g/mol. The second-order valence-corrected chi connectivity index (χ2v) is 20.0. The molecule has 2 heteroatoms. The number of hydrogen-bond acceptors (Lipinski definition) is 1. The third kappa shape index (κ3) is 4.97. The molecule has 0 aromatic rings. The fourth-order valence-electron chi connectivity index (χ4n) is 8.78. The average Bonchev–Trinajstić information content (AvgIpc) is 3.10. The van der Waals surface area contributed by atoms with E-state index in [0.29, 0.717) is 27.9 Å². The van der Waals surface area contributed by atoms with Crippen molar-refractivity contribution in [2.75, 3.05) is 0 Å². The minimum atomic E-state index is -1.71. The Balaban J connectivity index is 1.49. The highest BCUT2D eigenvalue weighted by molar-refractivity contribution is 6.74. The van der Waals surface area contributed by atoms with E-state index in [1.807, 2.05) is 0 Å². The fraction of sp³-hybridized carbons (Fsp3) is 0.818. The summed E-state index contributed by atoms with van der Waals surface area (Å²) in [4.78, 5) is 0. The van der Waals surface area contributed by atoms with Crippen molar-refractivity contribution in [2.24, 2.45) is 40.4 Å². The van der Waals surface area contributed by atoms with Gasteiger partial charge in [-0.05, 0) is 124 Å². The summed E-state index contributed by atoms with van der Waals surface area (Å²) in [5, 5.41) is 0.296. The molecular formula is C33H56OSi. The summed E-state index contributed by atoms with van der Waals surface area (Å²) in [7, 11) is -1.71. The lowest BCUT2D eigenvalue weighted by Crippen LogP contribution is -2.52. The van der Waals surface area contributed by atoms with Crippen molar-refractivity contribution in [1.29, 1.82) is 0 Å². The van der Waals surface area contributed by atoms with Crippen molar-refractivity contribution in [3.05, 3.63) is 35.5 Å². The maximum absolute atomic E-state index is 6.93. The van der Waals surface area contributed by atoms with Gasteiger partial charge < -0.3 is 4.43 Å². The predicted molar refractivity (Wildman–Crippen MR) is 155 cm³/mol. The number of allylic oxidation sites excluding steroid dienone is 5. The van der Waals surface area contributed by atoms with Gasteiger partial charge in [0.15, 0.2) is 8.32 Å². The van der Waals surface area contributed by atoms with E-state index in [-0.39, 0.29) is 0 Å². The van der Waals surface area contributed by atoms with Crippen molar-refractivity contribution < 1.29 is 4.43 Å². The van der Waals surface area contributed by atoms with Crippen LogP contribution in [0.4, 0.5) is 0 Å². The summed E-state index contributed by atoms with van der Waals surface area (Å²) >= 11 is 0. The second-order valence-electron chi connectivity index (χ2n) is 15.2. The minimum absolute atomic E-state index is 0.296. The van der Waals surface area contributed by atoms with Crippen LogP contribution in [0.15, 0.2) is 35.5 Å².